The van der Waals surface area contributed by atoms with Gasteiger partial charge in [0.15, 0.2) is 5.96 Å². The summed E-state index contributed by atoms with van der Waals surface area (Å²) >= 11 is 0. The van der Waals surface area contributed by atoms with Gasteiger partial charge in [-0.15, -0.1) is 24.0 Å². The van der Waals surface area contributed by atoms with E-state index in [2.05, 4.69) is 39.9 Å². The molecule has 0 heterocycles. The Bertz CT molecular complexity index is 941. The fourth-order valence-corrected chi connectivity index (χ4v) is 4.15. The number of nitrogens with zero attached hydrogens (tertiary/aromatic N) is 2. The topological polar surface area (TPSA) is 73.8 Å². The Kier molecular flexibility index (Phi) is 8.69. The van der Waals surface area contributed by atoms with Gasteiger partial charge in [-0.25, -0.2) is 17.7 Å². The summed E-state index contributed by atoms with van der Waals surface area (Å²) in [4.78, 5) is 4.96. The zero-order chi connectivity index (χ0) is 20.9. The van der Waals surface area contributed by atoms with Crippen molar-refractivity contribution < 1.29 is 8.42 Å². The first-order valence-corrected chi connectivity index (χ1v) is 11.4. The van der Waals surface area contributed by atoms with Crippen LogP contribution in [0.1, 0.15) is 30.9 Å². The zero-order valence-corrected chi connectivity index (χ0v) is 20.9. The molecular formula is C22H31IN4O2S. The van der Waals surface area contributed by atoms with Crippen LogP contribution in [-0.4, -0.2) is 45.9 Å². The van der Waals surface area contributed by atoms with Crippen molar-refractivity contribution in [1.82, 2.24) is 14.9 Å². The Hall–Kier alpha value is -1.65. The third-order valence-corrected chi connectivity index (χ3v) is 7.13. The molecule has 1 saturated carbocycles. The monoisotopic (exact) mass is 542 g/mol. The van der Waals surface area contributed by atoms with Gasteiger partial charge in [-0.05, 0) is 43.0 Å². The van der Waals surface area contributed by atoms with E-state index in [9.17, 15) is 8.42 Å². The standard InChI is InChI=1S/C22H30N4O2S.HI/c1-4-23-21(25-17-22(14-15-22)19-8-6-5-7-9-19)24-16-18-10-12-20(13-11-18)29(27,28)26(2)3;/h5-13H,4,14-17H2,1-3H3,(H2,23,24,25);1H. The molecule has 2 aromatic rings. The maximum atomic E-state index is 12.2. The number of nitrogens with one attached hydrogen (secondary N) is 2. The van der Waals surface area contributed by atoms with Crippen LogP contribution in [0.3, 0.4) is 0 Å². The van der Waals surface area contributed by atoms with Gasteiger partial charge in [-0.1, -0.05) is 42.5 Å². The summed E-state index contributed by atoms with van der Waals surface area (Å²) < 4.78 is 25.6. The summed E-state index contributed by atoms with van der Waals surface area (Å²) in [5, 5.41) is 6.77. The Morgan fingerprint density at radius 1 is 1.03 bits per heavy atom. The molecule has 0 radical (unpaired) electrons. The largest absolute Gasteiger partial charge is 0.357 e. The first-order valence-electron chi connectivity index (χ1n) is 9.96. The summed E-state index contributed by atoms with van der Waals surface area (Å²) in [6, 6.07) is 17.5. The molecule has 30 heavy (non-hydrogen) atoms. The van der Waals surface area contributed by atoms with Crippen LogP contribution in [0.5, 0.6) is 0 Å². The van der Waals surface area contributed by atoms with Gasteiger partial charge >= 0.3 is 0 Å². The minimum absolute atomic E-state index is 0. The van der Waals surface area contributed by atoms with Gasteiger partial charge in [0.1, 0.15) is 0 Å². The first kappa shape index (κ1) is 24.6. The fourth-order valence-electron chi connectivity index (χ4n) is 3.25. The van der Waals surface area contributed by atoms with Crippen LogP contribution in [0, 0.1) is 0 Å². The average Bonchev–Trinajstić information content (AvgIpc) is 3.52. The number of guanidine groups is 1. The van der Waals surface area contributed by atoms with Crippen LogP contribution in [-0.2, 0) is 22.0 Å². The highest BCUT2D eigenvalue weighted by molar-refractivity contribution is 14.0. The second-order valence-electron chi connectivity index (χ2n) is 7.63. The Labute approximate surface area is 197 Å². The minimum Gasteiger partial charge on any atom is -0.357 e. The molecule has 0 amide bonds. The molecule has 3 rings (SSSR count). The normalized spacial score (nSPS) is 15.4. The molecule has 0 atom stereocenters. The molecule has 6 nitrogen and oxygen atoms in total. The number of hydrogen-bond donors (Lipinski definition) is 2. The van der Waals surface area contributed by atoms with Gasteiger partial charge < -0.3 is 10.6 Å². The van der Waals surface area contributed by atoms with Gasteiger partial charge in [0.25, 0.3) is 0 Å². The lowest BCUT2D eigenvalue weighted by Crippen LogP contribution is -2.41. The van der Waals surface area contributed by atoms with Crippen LogP contribution in [0.25, 0.3) is 0 Å². The second-order valence-corrected chi connectivity index (χ2v) is 9.78. The van der Waals surface area contributed by atoms with Gasteiger partial charge in [-0.3, -0.25) is 0 Å². The number of aliphatic imine (C=N–C) groups is 1. The van der Waals surface area contributed by atoms with Crippen LogP contribution in [0.4, 0.5) is 0 Å². The highest BCUT2D eigenvalue weighted by atomic mass is 127. The van der Waals surface area contributed by atoms with Crippen molar-refractivity contribution in [3.63, 3.8) is 0 Å². The van der Waals surface area contributed by atoms with E-state index < -0.39 is 10.0 Å². The lowest BCUT2D eigenvalue weighted by atomic mass is 9.96. The SMILES string of the molecule is CCNC(=NCc1ccc(S(=O)(=O)N(C)C)cc1)NCC1(c2ccccc2)CC1.I. The molecule has 2 aromatic carbocycles. The molecule has 164 valence electrons. The zero-order valence-electron chi connectivity index (χ0n) is 17.8. The van der Waals surface area contributed by atoms with Crippen molar-refractivity contribution in [3.8, 4) is 0 Å². The molecule has 2 N–H and O–H groups in total. The molecule has 1 aliphatic carbocycles. The molecule has 0 saturated heterocycles. The average molecular weight is 542 g/mol. The number of halogens is 1. The third kappa shape index (κ3) is 5.95. The summed E-state index contributed by atoms with van der Waals surface area (Å²) in [5.41, 5.74) is 2.55. The van der Waals surface area contributed by atoms with Crippen molar-refractivity contribution in [2.45, 2.75) is 36.6 Å². The molecule has 0 unspecified atom stereocenters. The van der Waals surface area contributed by atoms with Gasteiger partial charge in [-0.2, -0.15) is 0 Å². The maximum absolute atomic E-state index is 12.2. The predicted octanol–water partition coefficient (Wildman–Crippen LogP) is 3.34. The highest BCUT2D eigenvalue weighted by Crippen LogP contribution is 2.47. The Morgan fingerprint density at radius 2 is 1.67 bits per heavy atom. The molecule has 0 spiro atoms. The predicted molar refractivity (Wildman–Crippen MR) is 133 cm³/mol. The number of rotatable bonds is 8. The van der Waals surface area contributed by atoms with Crippen molar-refractivity contribution in [1.29, 1.82) is 0 Å². The number of sulfonamides is 1. The van der Waals surface area contributed by atoms with E-state index in [-0.39, 0.29) is 29.4 Å². The molecular weight excluding hydrogens is 511 g/mol. The van der Waals surface area contributed by atoms with Gasteiger partial charge in [0.05, 0.1) is 11.4 Å². The van der Waals surface area contributed by atoms with E-state index >= 15 is 0 Å². The second kappa shape index (κ2) is 10.6. The van der Waals surface area contributed by atoms with Crippen LogP contribution in [0.15, 0.2) is 64.5 Å². The van der Waals surface area contributed by atoms with Crippen LogP contribution in [0.2, 0.25) is 0 Å². The molecule has 0 aromatic heterocycles. The highest BCUT2D eigenvalue weighted by Gasteiger charge is 2.43. The third-order valence-electron chi connectivity index (χ3n) is 5.30. The van der Waals surface area contributed by atoms with E-state index in [0.29, 0.717) is 11.4 Å². The Balaban J connectivity index is 0.00000320. The lowest BCUT2D eigenvalue weighted by molar-refractivity contribution is 0.520. The summed E-state index contributed by atoms with van der Waals surface area (Å²) in [6.45, 7) is 4.16. The van der Waals surface area contributed by atoms with Crippen molar-refractivity contribution >= 4 is 40.0 Å². The molecule has 0 bridgehead atoms. The molecule has 0 aliphatic heterocycles. The van der Waals surface area contributed by atoms with E-state index in [4.69, 9.17) is 0 Å². The van der Waals surface area contributed by atoms with E-state index in [0.717, 1.165) is 24.6 Å². The van der Waals surface area contributed by atoms with E-state index in [1.807, 2.05) is 25.1 Å². The summed E-state index contributed by atoms with van der Waals surface area (Å²) in [6.07, 6.45) is 2.37. The summed E-state index contributed by atoms with van der Waals surface area (Å²) in [7, 11) is -0.342. The van der Waals surface area contributed by atoms with Crippen molar-refractivity contribution in [2.24, 2.45) is 4.99 Å². The quantitative estimate of drug-likeness (QED) is 0.305. The van der Waals surface area contributed by atoms with E-state index in [1.165, 1.54) is 36.8 Å². The van der Waals surface area contributed by atoms with Crippen LogP contribution >= 0.6 is 24.0 Å². The Morgan fingerprint density at radius 3 is 2.20 bits per heavy atom. The van der Waals surface area contributed by atoms with Gasteiger partial charge in [0, 0.05) is 32.6 Å². The van der Waals surface area contributed by atoms with Crippen molar-refractivity contribution in [2.75, 3.05) is 27.2 Å². The molecule has 1 aliphatic rings. The van der Waals surface area contributed by atoms with Crippen LogP contribution < -0.4 is 10.6 Å². The summed E-state index contributed by atoms with van der Waals surface area (Å²) in [5.74, 6) is 0.777. The molecule has 1 fully saturated rings. The number of hydrogen-bond acceptors (Lipinski definition) is 3. The van der Waals surface area contributed by atoms with Crippen molar-refractivity contribution in [3.05, 3.63) is 65.7 Å². The van der Waals surface area contributed by atoms with E-state index in [1.54, 1.807) is 12.1 Å². The lowest BCUT2D eigenvalue weighted by Gasteiger charge is -2.19. The molecule has 8 heteroatoms. The smallest absolute Gasteiger partial charge is 0.242 e. The van der Waals surface area contributed by atoms with Gasteiger partial charge in [0.2, 0.25) is 10.0 Å². The first-order chi connectivity index (χ1) is 13.9. The number of benzene rings is 2. The minimum atomic E-state index is -3.41. The fraction of sp³-hybridized carbons (Fsp3) is 0.409. The maximum Gasteiger partial charge on any atom is 0.242 e.